The second-order valence-corrected chi connectivity index (χ2v) is 5.38. The number of aromatic nitrogens is 3. The fraction of sp³-hybridized carbons (Fsp3) is 0.571. The van der Waals surface area contributed by atoms with E-state index in [0.717, 1.165) is 24.2 Å². The minimum absolute atomic E-state index is 0.391. The summed E-state index contributed by atoms with van der Waals surface area (Å²) in [5.74, 6) is 1.89. The molecule has 4 heteroatoms. The molecule has 1 atom stereocenters. The number of hydrogen-bond acceptors (Lipinski definition) is 3. The number of pyridine rings is 1. The summed E-state index contributed by atoms with van der Waals surface area (Å²) in [6.45, 7) is 1.83. The average molecular weight is 243 g/mol. The molecule has 0 bridgehead atoms. The molecule has 4 nitrogen and oxygen atoms in total. The maximum absolute atomic E-state index is 5.38. The van der Waals surface area contributed by atoms with E-state index in [2.05, 4.69) is 9.55 Å². The third kappa shape index (κ3) is 1.72. The van der Waals surface area contributed by atoms with E-state index in [1.165, 1.54) is 31.5 Å². The van der Waals surface area contributed by atoms with Gasteiger partial charge in [-0.25, -0.2) is 4.98 Å². The Bertz CT molecular complexity index is 567. The van der Waals surface area contributed by atoms with Gasteiger partial charge in [0.25, 0.3) is 0 Å². The molecule has 0 N–H and O–H groups in total. The zero-order valence-corrected chi connectivity index (χ0v) is 10.4. The summed E-state index contributed by atoms with van der Waals surface area (Å²) >= 11 is 0. The van der Waals surface area contributed by atoms with Crippen LogP contribution in [0, 0.1) is 0 Å². The maximum atomic E-state index is 5.38. The highest BCUT2D eigenvalue weighted by molar-refractivity contribution is 5.74. The molecule has 1 aliphatic heterocycles. The van der Waals surface area contributed by atoms with Gasteiger partial charge in [-0.1, -0.05) is 12.8 Å². The van der Waals surface area contributed by atoms with Gasteiger partial charge in [0.05, 0.1) is 36.5 Å². The monoisotopic (exact) mass is 243 g/mol. The molecule has 2 fully saturated rings. The molecule has 2 aliphatic rings. The first-order valence-electron chi connectivity index (χ1n) is 6.83. The van der Waals surface area contributed by atoms with Crippen molar-refractivity contribution in [3.05, 3.63) is 24.3 Å². The van der Waals surface area contributed by atoms with Crippen molar-refractivity contribution >= 4 is 11.0 Å². The Labute approximate surface area is 106 Å². The zero-order valence-electron chi connectivity index (χ0n) is 10.4. The molecule has 2 aromatic rings. The summed E-state index contributed by atoms with van der Waals surface area (Å²) in [5.41, 5.74) is 2.24. The van der Waals surface area contributed by atoms with Gasteiger partial charge in [0.15, 0.2) is 0 Å². The Balaban J connectivity index is 1.82. The van der Waals surface area contributed by atoms with Crippen molar-refractivity contribution in [3.63, 3.8) is 0 Å². The molecule has 1 unspecified atom stereocenters. The lowest BCUT2D eigenvalue weighted by atomic mass is 10.1. The second-order valence-electron chi connectivity index (χ2n) is 5.38. The number of imidazole rings is 1. The predicted molar refractivity (Wildman–Crippen MR) is 68.5 cm³/mol. The Morgan fingerprint density at radius 2 is 2.17 bits per heavy atom. The summed E-state index contributed by atoms with van der Waals surface area (Å²) in [5, 5.41) is 0. The SMILES string of the molecule is c1cc2nc(C3CCCC3)n(CC3CO3)c2cn1. The van der Waals surface area contributed by atoms with Crippen LogP contribution in [0.15, 0.2) is 18.5 Å². The molecule has 0 aromatic carbocycles. The van der Waals surface area contributed by atoms with E-state index in [-0.39, 0.29) is 0 Å². The molecule has 2 aromatic heterocycles. The highest BCUT2D eigenvalue weighted by atomic mass is 16.6. The van der Waals surface area contributed by atoms with Crippen LogP contribution in [0.1, 0.15) is 37.4 Å². The smallest absolute Gasteiger partial charge is 0.113 e. The number of rotatable bonds is 3. The standard InChI is InChI=1S/C14H17N3O/c1-2-4-10(3-1)14-16-12-5-6-15-7-13(12)17(14)8-11-9-18-11/h5-7,10-11H,1-4,8-9H2. The van der Waals surface area contributed by atoms with Crippen molar-refractivity contribution < 1.29 is 4.74 Å². The van der Waals surface area contributed by atoms with Gasteiger partial charge in [-0.15, -0.1) is 0 Å². The molecule has 3 heterocycles. The lowest BCUT2D eigenvalue weighted by molar-refractivity contribution is 0.380. The van der Waals surface area contributed by atoms with Crippen LogP contribution in [0.2, 0.25) is 0 Å². The fourth-order valence-electron chi connectivity index (χ4n) is 3.05. The maximum Gasteiger partial charge on any atom is 0.113 e. The van der Waals surface area contributed by atoms with Crippen molar-refractivity contribution in [1.29, 1.82) is 0 Å². The van der Waals surface area contributed by atoms with Crippen molar-refractivity contribution in [2.24, 2.45) is 0 Å². The molecule has 18 heavy (non-hydrogen) atoms. The summed E-state index contributed by atoms with van der Waals surface area (Å²) < 4.78 is 7.72. The third-order valence-electron chi connectivity index (χ3n) is 4.09. The Morgan fingerprint density at radius 1 is 1.33 bits per heavy atom. The Kier molecular flexibility index (Phi) is 2.36. The van der Waals surface area contributed by atoms with Gasteiger partial charge in [-0.3, -0.25) is 4.98 Å². The van der Waals surface area contributed by atoms with Crippen molar-refractivity contribution in [3.8, 4) is 0 Å². The van der Waals surface area contributed by atoms with E-state index >= 15 is 0 Å². The van der Waals surface area contributed by atoms with Gasteiger partial charge >= 0.3 is 0 Å². The first-order valence-corrected chi connectivity index (χ1v) is 6.83. The molecule has 1 aliphatic carbocycles. The summed E-state index contributed by atoms with van der Waals surface area (Å²) in [6, 6.07) is 2.01. The van der Waals surface area contributed by atoms with Crippen molar-refractivity contribution in [2.45, 2.75) is 44.2 Å². The average Bonchev–Trinajstić information content (AvgIpc) is 2.91. The number of ether oxygens (including phenoxy) is 1. The van der Waals surface area contributed by atoms with Crippen LogP contribution in [-0.2, 0) is 11.3 Å². The van der Waals surface area contributed by atoms with Gasteiger partial charge in [0, 0.05) is 12.1 Å². The quantitative estimate of drug-likeness (QED) is 0.778. The first-order chi connectivity index (χ1) is 8.92. The molecule has 0 spiro atoms. The van der Waals surface area contributed by atoms with Crippen LogP contribution in [0.25, 0.3) is 11.0 Å². The summed E-state index contributed by atoms with van der Waals surface area (Å²) in [4.78, 5) is 9.08. The van der Waals surface area contributed by atoms with Gasteiger partial charge < -0.3 is 9.30 Å². The van der Waals surface area contributed by atoms with Crippen molar-refractivity contribution in [2.75, 3.05) is 6.61 Å². The van der Waals surface area contributed by atoms with Gasteiger partial charge in [-0.2, -0.15) is 0 Å². The molecule has 1 saturated carbocycles. The first kappa shape index (κ1) is 10.5. The van der Waals surface area contributed by atoms with E-state index in [1.807, 2.05) is 18.5 Å². The Hall–Kier alpha value is -1.42. The minimum Gasteiger partial charge on any atom is -0.371 e. The lowest BCUT2D eigenvalue weighted by Gasteiger charge is -2.12. The highest BCUT2D eigenvalue weighted by Gasteiger charge is 2.28. The van der Waals surface area contributed by atoms with Crippen LogP contribution in [0.5, 0.6) is 0 Å². The summed E-state index contributed by atoms with van der Waals surface area (Å²) in [7, 11) is 0. The predicted octanol–water partition coefficient (Wildman–Crippen LogP) is 2.49. The number of epoxide rings is 1. The largest absolute Gasteiger partial charge is 0.371 e. The highest BCUT2D eigenvalue weighted by Crippen LogP contribution is 2.35. The fourth-order valence-corrected chi connectivity index (χ4v) is 3.05. The van der Waals surface area contributed by atoms with Crippen LogP contribution >= 0.6 is 0 Å². The van der Waals surface area contributed by atoms with Crippen LogP contribution in [0.3, 0.4) is 0 Å². The Morgan fingerprint density at radius 3 is 2.94 bits per heavy atom. The van der Waals surface area contributed by atoms with E-state index in [0.29, 0.717) is 12.0 Å². The lowest BCUT2D eigenvalue weighted by Crippen LogP contribution is -2.11. The molecule has 0 radical (unpaired) electrons. The normalized spacial score (nSPS) is 23.9. The molecular formula is C14H17N3O. The third-order valence-corrected chi connectivity index (χ3v) is 4.09. The van der Waals surface area contributed by atoms with Crippen LogP contribution < -0.4 is 0 Å². The van der Waals surface area contributed by atoms with Gasteiger partial charge in [0.1, 0.15) is 5.82 Å². The van der Waals surface area contributed by atoms with E-state index < -0.39 is 0 Å². The number of nitrogens with zero attached hydrogens (tertiary/aromatic N) is 3. The minimum atomic E-state index is 0.391. The van der Waals surface area contributed by atoms with Crippen molar-refractivity contribution in [1.82, 2.24) is 14.5 Å². The molecule has 4 rings (SSSR count). The van der Waals surface area contributed by atoms with Gasteiger partial charge in [0.2, 0.25) is 0 Å². The molecule has 1 saturated heterocycles. The number of hydrogen-bond donors (Lipinski definition) is 0. The van der Waals surface area contributed by atoms with Crippen LogP contribution in [-0.4, -0.2) is 27.2 Å². The van der Waals surface area contributed by atoms with E-state index in [1.54, 1.807) is 0 Å². The summed E-state index contributed by atoms with van der Waals surface area (Å²) in [6.07, 6.45) is 9.39. The second kappa shape index (κ2) is 4.05. The van der Waals surface area contributed by atoms with Gasteiger partial charge in [-0.05, 0) is 18.9 Å². The van der Waals surface area contributed by atoms with Crippen LogP contribution in [0.4, 0.5) is 0 Å². The van der Waals surface area contributed by atoms with E-state index in [9.17, 15) is 0 Å². The zero-order chi connectivity index (χ0) is 11.9. The number of fused-ring (bicyclic) bond motifs is 1. The molecular weight excluding hydrogens is 226 g/mol. The molecule has 94 valence electrons. The van der Waals surface area contributed by atoms with E-state index in [4.69, 9.17) is 9.72 Å². The topological polar surface area (TPSA) is 43.2 Å². The molecule has 0 amide bonds.